The standard InChI is InChI=1S/C22H25N5O3S2/c1-4-30-21(29)19-15-10-9-13(2)11-17(15)32-20(19)23-18(28)12-31-22-24-25-26-27(22)16-8-6-5-7-14(16)3/h5-8,13H,4,9-12H2,1-3H3,(H,23,28). The van der Waals surface area contributed by atoms with E-state index in [0.29, 0.717) is 28.2 Å². The van der Waals surface area contributed by atoms with Gasteiger partial charge in [-0.2, -0.15) is 4.68 Å². The van der Waals surface area contributed by atoms with Crippen LogP contribution >= 0.6 is 23.1 Å². The van der Waals surface area contributed by atoms with Gasteiger partial charge in [-0.05, 0) is 66.6 Å². The number of hydrogen-bond donors (Lipinski definition) is 1. The molecule has 1 unspecified atom stereocenters. The molecule has 1 amide bonds. The van der Waals surface area contributed by atoms with E-state index >= 15 is 0 Å². The first kappa shape index (κ1) is 22.5. The Morgan fingerprint density at radius 1 is 1.34 bits per heavy atom. The average molecular weight is 472 g/mol. The summed E-state index contributed by atoms with van der Waals surface area (Å²) in [6.07, 6.45) is 2.78. The number of aromatic nitrogens is 4. The zero-order chi connectivity index (χ0) is 22.7. The molecule has 1 aromatic carbocycles. The van der Waals surface area contributed by atoms with Gasteiger partial charge in [-0.1, -0.05) is 36.9 Å². The zero-order valence-corrected chi connectivity index (χ0v) is 19.9. The van der Waals surface area contributed by atoms with Crippen LogP contribution in [0.15, 0.2) is 29.4 Å². The highest BCUT2D eigenvalue weighted by atomic mass is 32.2. The summed E-state index contributed by atoms with van der Waals surface area (Å²) in [5.74, 6) is 0.0983. The van der Waals surface area contributed by atoms with Crippen LogP contribution in [-0.4, -0.2) is 44.4 Å². The highest BCUT2D eigenvalue weighted by molar-refractivity contribution is 7.99. The lowest BCUT2D eigenvalue weighted by atomic mass is 9.88. The molecule has 1 aliphatic rings. The number of aryl methyl sites for hydroxylation is 1. The molecule has 10 heteroatoms. The molecule has 1 aliphatic carbocycles. The van der Waals surface area contributed by atoms with Crippen molar-refractivity contribution in [3.63, 3.8) is 0 Å². The van der Waals surface area contributed by atoms with Crippen LogP contribution in [0.1, 0.15) is 46.6 Å². The lowest BCUT2D eigenvalue weighted by molar-refractivity contribution is -0.113. The van der Waals surface area contributed by atoms with Crippen LogP contribution in [0.3, 0.4) is 0 Å². The average Bonchev–Trinajstić information content (AvgIpc) is 3.36. The number of tetrazole rings is 1. The normalized spacial score (nSPS) is 15.3. The number of hydrogen-bond acceptors (Lipinski definition) is 8. The number of thioether (sulfide) groups is 1. The third-order valence-corrected chi connectivity index (χ3v) is 7.45. The van der Waals surface area contributed by atoms with Crippen LogP contribution in [0.2, 0.25) is 0 Å². The van der Waals surface area contributed by atoms with Crippen molar-refractivity contribution in [3.05, 3.63) is 45.8 Å². The minimum Gasteiger partial charge on any atom is -0.462 e. The van der Waals surface area contributed by atoms with Crippen molar-refractivity contribution in [3.8, 4) is 5.69 Å². The monoisotopic (exact) mass is 471 g/mol. The highest BCUT2D eigenvalue weighted by Gasteiger charge is 2.29. The number of anilines is 1. The van der Waals surface area contributed by atoms with E-state index in [9.17, 15) is 9.59 Å². The van der Waals surface area contributed by atoms with Gasteiger partial charge in [-0.15, -0.1) is 16.4 Å². The Hall–Kier alpha value is -2.72. The number of rotatable bonds is 7. The second-order valence-corrected chi connectivity index (χ2v) is 9.82. The number of carbonyl (C=O) groups excluding carboxylic acids is 2. The second kappa shape index (κ2) is 9.83. The Labute approximate surface area is 194 Å². The Morgan fingerprint density at radius 2 is 2.16 bits per heavy atom. The Kier molecular flexibility index (Phi) is 6.90. The summed E-state index contributed by atoms with van der Waals surface area (Å²) >= 11 is 2.73. The summed E-state index contributed by atoms with van der Waals surface area (Å²) < 4.78 is 6.91. The van der Waals surface area contributed by atoms with Gasteiger partial charge in [0.1, 0.15) is 5.00 Å². The number of amides is 1. The maximum atomic E-state index is 12.8. The van der Waals surface area contributed by atoms with Gasteiger partial charge >= 0.3 is 5.97 Å². The van der Waals surface area contributed by atoms with Gasteiger partial charge in [-0.25, -0.2) is 4.79 Å². The fourth-order valence-corrected chi connectivity index (χ4v) is 5.87. The molecule has 0 fully saturated rings. The van der Waals surface area contributed by atoms with E-state index in [-0.39, 0.29) is 17.6 Å². The number of fused-ring (bicyclic) bond motifs is 1. The molecule has 0 spiro atoms. The molecule has 1 N–H and O–H groups in total. The zero-order valence-electron chi connectivity index (χ0n) is 18.3. The quantitative estimate of drug-likeness (QED) is 0.410. The van der Waals surface area contributed by atoms with Crippen LogP contribution in [-0.2, 0) is 22.4 Å². The van der Waals surface area contributed by atoms with Crippen molar-refractivity contribution in [1.29, 1.82) is 0 Å². The molecule has 0 radical (unpaired) electrons. The maximum Gasteiger partial charge on any atom is 0.341 e. The molecule has 8 nitrogen and oxygen atoms in total. The van der Waals surface area contributed by atoms with Crippen molar-refractivity contribution in [2.75, 3.05) is 17.7 Å². The van der Waals surface area contributed by atoms with E-state index in [0.717, 1.165) is 36.1 Å². The maximum absolute atomic E-state index is 12.8. The molecule has 0 bridgehead atoms. The molecule has 32 heavy (non-hydrogen) atoms. The molecular formula is C22H25N5O3S2. The molecule has 0 saturated heterocycles. The van der Waals surface area contributed by atoms with Gasteiger partial charge in [0.15, 0.2) is 0 Å². The smallest absolute Gasteiger partial charge is 0.341 e. The minimum atomic E-state index is -0.369. The van der Waals surface area contributed by atoms with Crippen LogP contribution in [0.5, 0.6) is 0 Å². The number of ether oxygens (including phenoxy) is 1. The summed E-state index contributed by atoms with van der Waals surface area (Å²) in [7, 11) is 0. The molecular weight excluding hydrogens is 446 g/mol. The van der Waals surface area contributed by atoms with E-state index in [1.165, 1.54) is 28.0 Å². The first-order valence-electron chi connectivity index (χ1n) is 10.6. The topological polar surface area (TPSA) is 99.0 Å². The number of nitrogens with one attached hydrogen (secondary N) is 1. The van der Waals surface area contributed by atoms with E-state index in [1.807, 2.05) is 31.2 Å². The van der Waals surface area contributed by atoms with E-state index < -0.39 is 0 Å². The minimum absolute atomic E-state index is 0.119. The number of para-hydroxylation sites is 1. The number of esters is 1. The van der Waals surface area contributed by atoms with Crippen molar-refractivity contribution in [1.82, 2.24) is 20.2 Å². The Balaban J connectivity index is 1.49. The highest BCUT2D eigenvalue weighted by Crippen LogP contribution is 2.40. The number of nitrogens with zero attached hydrogens (tertiary/aromatic N) is 4. The van der Waals surface area contributed by atoms with Crippen LogP contribution < -0.4 is 5.32 Å². The largest absolute Gasteiger partial charge is 0.462 e. The molecule has 1 atom stereocenters. The third-order valence-electron chi connectivity index (χ3n) is 5.36. The molecule has 4 rings (SSSR count). The summed E-state index contributed by atoms with van der Waals surface area (Å²) in [6, 6.07) is 7.78. The van der Waals surface area contributed by atoms with Crippen LogP contribution in [0, 0.1) is 12.8 Å². The number of carbonyl (C=O) groups is 2. The fraction of sp³-hybridized carbons (Fsp3) is 0.409. The van der Waals surface area contributed by atoms with Gasteiger partial charge < -0.3 is 10.1 Å². The van der Waals surface area contributed by atoms with Crippen molar-refractivity contribution in [2.24, 2.45) is 5.92 Å². The summed E-state index contributed by atoms with van der Waals surface area (Å²) in [6.45, 7) is 6.27. The summed E-state index contributed by atoms with van der Waals surface area (Å²) in [5.41, 5.74) is 3.44. The van der Waals surface area contributed by atoms with Crippen LogP contribution in [0.4, 0.5) is 5.00 Å². The molecule has 0 aliphatic heterocycles. The molecule has 2 heterocycles. The lowest BCUT2D eigenvalue weighted by Gasteiger charge is -2.18. The van der Waals surface area contributed by atoms with Gasteiger partial charge in [-0.3, -0.25) is 4.79 Å². The summed E-state index contributed by atoms with van der Waals surface area (Å²) in [4.78, 5) is 26.6. The third kappa shape index (κ3) is 4.71. The second-order valence-electron chi connectivity index (χ2n) is 7.77. The van der Waals surface area contributed by atoms with Crippen molar-refractivity contribution in [2.45, 2.75) is 45.2 Å². The lowest BCUT2D eigenvalue weighted by Crippen LogP contribution is -2.18. The number of thiophene rings is 1. The molecule has 0 saturated carbocycles. The van der Waals surface area contributed by atoms with Crippen LogP contribution in [0.25, 0.3) is 5.69 Å². The summed E-state index contributed by atoms with van der Waals surface area (Å²) in [5, 5.41) is 15.9. The first-order chi connectivity index (χ1) is 15.5. The fourth-order valence-electron chi connectivity index (χ4n) is 3.77. The molecule has 2 aromatic heterocycles. The van der Waals surface area contributed by atoms with Crippen molar-refractivity contribution < 1.29 is 14.3 Å². The number of benzene rings is 1. The molecule has 168 valence electrons. The Bertz CT molecular complexity index is 1140. The van der Waals surface area contributed by atoms with E-state index in [1.54, 1.807) is 11.6 Å². The van der Waals surface area contributed by atoms with E-state index in [4.69, 9.17) is 4.74 Å². The van der Waals surface area contributed by atoms with Gasteiger partial charge in [0.2, 0.25) is 11.1 Å². The Morgan fingerprint density at radius 3 is 2.94 bits per heavy atom. The predicted octanol–water partition coefficient (Wildman–Crippen LogP) is 4.06. The molecule has 3 aromatic rings. The van der Waals surface area contributed by atoms with Crippen molar-refractivity contribution >= 4 is 40.0 Å². The van der Waals surface area contributed by atoms with Gasteiger partial charge in [0.05, 0.1) is 23.6 Å². The SMILES string of the molecule is CCOC(=O)c1c(NC(=O)CSc2nnnn2-c2ccccc2C)sc2c1CCC(C)C2. The van der Waals surface area contributed by atoms with Gasteiger partial charge in [0, 0.05) is 4.88 Å². The predicted molar refractivity (Wildman–Crippen MR) is 125 cm³/mol. The van der Waals surface area contributed by atoms with E-state index in [2.05, 4.69) is 27.8 Å². The van der Waals surface area contributed by atoms with Gasteiger partial charge in [0.25, 0.3) is 0 Å². The first-order valence-corrected chi connectivity index (χ1v) is 12.4.